The molecule has 0 atom stereocenters. The summed E-state index contributed by atoms with van der Waals surface area (Å²) < 4.78 is 0. The van der Waals surface area contributed by atoms with Gasteiger partial charge in [-0.25, -0.2) is 0 Å². The number of aromatic nitrogens is 3. The van der Waals surface area contributed by atoms with Gasteiger partial charge in [-0.1, -0.05) is 56.3 Å². The first-order chi connectivity index (χ1) is 12.7. The fraction of sp³-hybridized carbons (Fsp3) is 0.286. The van der Waals surface area contributed by atoms with E-state index < -0.39 is 0 Å². The molecule has 0 unspecified atom stereocenters. The molecular weight excluding hydrogens is 322 g/mol. The largest absolute Gasteiger partial charge is 0.369 e. The van der Waals surface area contributed by atoms with Crippen LogP contribution in [0.25, 0.3) is 0 Å². The number of nitrogens with zero attached hydrogens (tertiary/aromatic N) is 3. The lowest BCUT2D eigenvalue weighted by Crippen LogP contribution is -2.07. The van der Waals surface area contributed by atoms with E-state index in [9.17, 15) is 0 Å². The molecule has 0 fully saturated rings. The van der Waals surface area contributed by atoms with Gasteiger partial charge in [-0.15, -0.1) is 5.10 Å². The minimum absolute atomic E-state index is 0.496. The zero-order chi connectivity index (χ0) is 18.2. The van der Waals surface area contributed by atoms with Crippen molar-refractivity contribution in [3.05, 3.63) is 71.9 Å². The van der Waals surface area contributed by atoms with Gasteiger partial charge in [0.1, 0.15) is 0 Å². The SMILES string of the molecule is CC(C)c1ccc(Nc2nncc(NCCCc3ccccc3)n2)cc1. The first-order valence-corrected chi connectivity index (χ1v) is 9.05. The van der Waals surface area contributed by atoms with Crippen molar-refractivity contribution in [1.29, 1.82) is 0 Å². The van der Waals surface area contributed by atoms with E-state index in [1.54, 1.807) is 6.20 Å². The van der Waals surface area contributed by atoms with Crippen LogP contribution in [0, 0.1) is 0 Å². The summed E-state index contributed by atoms with van der Waals surface area (Å²) in [5.74, 6) is 1.75. The molecule has 1 aromatic heterocycles. The number of nitrogens with one attached hydrogen (secondary N) is 2. The fourth-order valence-electron chi connectivity index (χ4n) is 2.68. The summed E-state index contributed by atoms with van der Waals surface area (Å²) in [6.07, 6.45) is 3.72. The monoisotopic (exact) mass is 347 g/mol. The van der Waals surface area contributed by atoms with Crippen molar-refractivity contribution in [3.8, 4) is 0 Å². The van der Waals surface area contributed by atoms with E-state index in [0.717, 1.165) is 30.9 Å². The molecule has 2 N–H and O–H groups in total. The zero-order valence-electron chi connectivity index (χ0n) is 15.3. The van der Waals surface area contributed by atoms with Crippen LogP contribution in [0.3, 0.4) is 0 Å². The van der Waals surface area contributed by atoms with Crippen LogP contribution in [-0.4, -0.2) is 21.7 Å². The minimum Gasteiger partial charge on any atom is -0.369 e. The lowest BCUT2D eigenvalue weighted by molar-refractivity contribution is 0.853. The van der Waals surface area contributed by atoms with E-state index in [1.165, 1.54) is 11.1 Å². The van der Waals surface area contributed by atoms with Gasteiger partial charge in [0.05, 0.1) is 6.20 Å². The second-order valence-electron chi connectivity index (χ2n) is 6.58. The van der Waals surface area contributed by atoms with Crippen LogP contribution >= 0.6 is 0 Å². The summed E-state index contributed by atoms with van der Waals surface area (Å²) in [6, 6.07) is 18.8. The number of aryl methyl sites for hydroxylation is 1. The fourth-order valence-corrected chi connectivity index (χ4v) is 2.68. The molecule has 0 aliphatic carbocycles. The molecule has 5 heteroatoms. The topological polar surface area (TPSA) is 62.7 Å². The number of rotatable bonds is 8. The summed E-state index contributed by atoms with van der Waals surface area (Å²) in [5.41, 5.74) is 3.61. The molecule has 0 aliphatic rings. The first kappa shape index (κ1) is 17.9. The Morgan fingerprint density at radius 3 is 2.46 bits per heavy atom. The van der Waals surface area contributed by atoms with Crippen molar-refractivity contribution < 1.29 is 0 Å². The molecule has 134 valence electrons. The smallest absolute Gasteiger partial charge is 0.249 e. The van der Waals surface area contributed by atoms with Gasteiger partial charge >= 0.3 is 0 Å². The molecular formula is C21H25N5. The van der Waals surface area contributed by atoms with Crippen LogP contribution in [0.4, 0.5) is 17.5 Å². The van der Waals surface area contributed by atoms with E-state index in [0.29, 0.717) is 11.9 Å². The minimum atomic E-state index is 0.496. The lowest BCUT2D eigenvalue weighted by atomic mass is 10.0. The quantitative estimate of drug-likeness (QED) is 0.574. The van der Waals surface area contributed by atoms with Crippen LogP contribution in [0.2, 0.25) is 0 Å². The van der Waals surface area contributed by atoms with E-state index in [-0.39, 0.29) is 0 Å². The molecule has 0 saturated carbocycles. The Kier molecular flexibility index (Phi) is 6.14. The maximum atomic E-state index is 4.47. The lowest BCUT2D eigenvalue weighted by Gasteiger charge is -2.09. The summed E-state index contributed by atoms with van der Waals surface area (Å²) >= 11 is 0. The van der Waals surface area contributed by atoms with Gasteiger partial charge in [-0.05, 0) is 42.0 Å². The third-order valence-corrected chi connectivity index (χ3v) is 4.18. The molecule has 0 saturated heterocycles. The Bertz CT molecular complexity index is 800. The van der Waals surface area contributed by atoms with Crippen LogP contribution in [-0.2, 0) is 6.42 Å². The molecule has 0 amide bonds. The molecule has 0 spiro atoms. The molecule has 26 heavy (non-hydrogen) atoms. The van der Waals surface area contributed by atoms with Gasteiger partial charge in [0.2, 0.25) is 5.95 Å². The van der Waals surface area contributed by atoms with Crippen molar-refractivity contribution in [2.45, 2.75) is 32.6 Å². The maximum Gasteiger partial charge on any atom is 0.249 e. The van der Waals surface area contributed by atoms with Gasteiger partial charge in [0.25, 0.3) is 0 Å². The van der Waals surface area contributed by atoms with Crippen molar-refractivity contribution in [2.75, 3.05) is 17.2 Å². The van der Waals surface area contributed by atoms with Crippen molar-refractivity contribution in [3.63, 3.8) is 0 Å². The average Bonchev–Trinajstić information content (AvgIpc) is 2.67. The van der Waals surface area contributed by atoms with Gasteiger partial charge in [0.15, 0.2) is 5.82 Å². The van der Waals surface area contributed by atoms with E-state index in [4.69, 9.17) is 0 Å². The second-order valence-corrected chi connectivity index (χ2v) is 6.58. The molecule has 0 radical (unpaired) electrons. The predicted octanol–water partition coefficient (Wildman–Crippen LogP) is 4.78. The van der Waals surface area contributed by atoms with Gasteiger partial charge < -0.3 is 10.6 Å². The zero-order valence-corrected chi connectivity index (χ0v) is 15.3. The highest BCUT2D eigenvalue weighted by atomic mass is 15.3. The predicted molar refractivity (Wildman–Crippen MR) is 107 cm³/mol. The Hall–Kier alpha value is -2.95. The highest BCUT2D eigenvalue weighted by molar-refractivity contribution is 5.54. The Labute approximate surface area is 154 Å². The van der Waals surface area contributed by atoms with E-state index >= 15 is 0 Å². The van der Waals surface area contributed by atoms with Crippen molar-refractivity contribution in [2.24, 2.45) is 0 Å². The normalized spacial score (nSPS) is 10.7. The summed E-state index contributed by atoms with van der Waals surface area (Å²) in [6.45, 7) is 5.21. The number of hydrogen-bond acceptors (Lipinski definition) is 5. The molecule has 0 aliphatic heterocycles. The number of anilines is 3. The molecule has 1 heterocycles. The number of benzene rings is 2. The summed E-state index contributed by atoms with van der Waals surface area (Å²) in [7, 11) is 0. The number of hydrogen-bond donors (Lipinski definition) is 2. The third kappa shape index (κ3) is 5.28. The van der Waals surface area contributed by atoms with Crippen LogP contribution < -0.4 is 10.6 Å². The van der Waals surface area contributed by atoms with Crippen molar-refractivity contribution >= 4 is 17.5 Å². The van der Waals surface area contributed by atoms with Crippen LogP contribution in [0.1, 0.15) is 37.3 Å². The standard InChI is InChI=1S/C21H25N5/c1-16(2)18-10-12-19(13-11-18)24-21-25-20(15-23-26-21)22-14-6-9-17-7-4-3-5-8-17/h3-5,7-8,10-13,15-16H,6,9,14H2,1-2H3,(H2,22,24,25,26). The first-order valence-electron chi connectivity index (χ1n) is 9.05. The van der Waals surface area contributed by atoms with Gasteiger partial charge in [-0.2, -0.15) is 10.1 Å². The Balaban J connectivity index is 1.51. The highest BCUT2D eigenvalue weighted by Crippen LogP contribution is 2.19. The van der Waals surface area contributed by atoms with Gasteiger partial charge in [-0.3, -0.25) is 0 Å². The summed E-state index contributed by atoms with van der Waals surface area (Å²) in [5, 5.41) is 14.6. The van der Waals surface area contributed by atoms with E-state index in [2.05, 4.69) is 76.1 Å². The Morgan fingerprint density at radius 2 is 1.73 bits per heavy atom. The maximum absolute atomic E-state index is 4.47. The second kappa shape index (κ2) is 8.94. The molecule has 0 bridgehead atoms. The molecule has 3 rings (SSSR count). The third-order valence-electron chi connectivity index (χ3n) is 4.18. The van der Waals surface area contributed by atoms with E-state index in [1.807, 2.05) is 18.2 Å². The van der Waals surface area contributed by atoms with Crippen molar-refractivity contribution in [1.82, 2.24) is 15.2 Å². The molecule has 5 nitrogen and oxygen atoms in total. The molecule has 2 aromatic carbocycles. The molecule has 3 aromatic rings. The summed E-state index contributed by atoms with van der Waals surface area (Å²) in [4.78, 5) is 4.47. The van der Waals surface area contributed by atoms with Gasteiger partial charge in [0, 0.05) is 12.2 Å². The average molecular weight is 347 g/mol. The van der Waals surface area contributed by atoms with Crippen LogP contribution in [0.5, 0.6) is 0 Å². The highest BCUT2D eigenvalue weighted by Gasteiger charge is 2.03. The van der Waals surface area contributed by atoms with Crippen LogP contribution in [0.15, 0.2) is 60.8 Å². The Morgan fingerprint density at radius 1 is 0.962 bits per heavy atom.